The molecule has 0 aliphatic heterocycles. The number of nitrogens with one attached hydrogen (secondary N) is 4. The van der Waals surface area contributed by atoms with Gasteiger partial charge in [-0.25, -0.2) is 4.79 Å². The van der Waals surface area contributed by atoms with E-state index in [-0.39, 0.29) is 11.8 Å². The Labute approximate surface area is 192 Å². The minimum Gasteiger partial charge on any atom is -0.444 e. The van der Waals surface area contributed by atoms with Crippen LogP contribution in [-0.2, 0) is 16.0 Å². The second-order valence-electron chi connectivity index (χ2n) is 9.03. The number of nitrogens with zero attached hydrogens (tertiary/aromatic N) is 1. The molecular formula is C24H39N5O3. The van der Waals surface area contributed by atoms with Crippen LogP contribution >= 0.6 is 0 Å². The van der Waals surface area contributed by atoms with E-state index in [1.165, 1.54) is 6.42 Å². The van der Waals surface area contributed by atoms with Crippen LogP contribution in [0.15, 0.2) is 29.3 Å². The highest BCUT2D eigenvalue weighted by Gasteiger charge is 2.24. The summed E-state index contributed by atoms with van der Waals surface area (Å²) >= 11 is 0. The van der Waals surface area contributed by atoms with E-state index in [1.807, 2.05) is 52.0 Å². The Bertz CT molecular complexity index is 752. The van der Waals surface area contributed by atoms with Gasteiger partial charge in [0.05, 0.1) is 0 Å². The van der Waals surface area contributed by atoms with Gasteiger partial charge in [-0.2, -0.15) is 0 Å². The van der Waals surface area contributed by atoms with Gasteiger partial charge in [0.15, 0.2) is 5.96 Å². The van der Waals surface area contributed by atoms with Gasteiger partial charge in [-0.3, -0.25) is 15.1 Å². The number of carbonyl (C=O) groups is 2. The lowest BCUT2D eigenvalue weighted by Gasteiger charge is -2.23. The molecule has 0 bridgehead atoms. The molecular weight excluding hydrogens is 406 g/mol. The predicted molar refractivity (Wildman–Crippen MR) is 129 cm³/mol. The van der Waals surface area contributed by atoms with Gasteiger partial charge in [-0.1, -0.05) is 18.6 Å². The molecule has 1 aromatic carbocycles. The summed E-state index contributed by atoms with van der Waals surface area (Å²) in [5.74, 6) is 1.21. The standard InChI is InChI=1S/C24H39N5O3/c1-5-25-22(27-16-7-15-26-21(30)19-8-6-9-19)28-17-14-18-10-12-20(13-11-18)29-23(31)32-24(2,3)4/h10-13,19H,5-9,14-17H2,1-4H3,(H,26,30)(H,29,31)(H2,25,27,28). The topological polar surface area (TPSA) is 104 Å². The van der Waals surface area contributed by atoms with Crippen molar-refractivity contribution in [2.24, 2.45) is 10.9 Å². The van der Waals surface area contributed by atoms with E-state index in [4.69, 9.17) is 4.74 Å². The Kier molecular flexibility index (Phi) is 10.3. The monoisotopic (exact) mass is 445 g/mol. The van der Waals surface area contributed by atoms with Crippen LogP contribution in [0.1, 0.15) is 58.9 Å². The molecule has 1 fully saturated rings. The summed E-state index contributed by atoms with van der Waals surface area (Å²) in [6.07, 6.45) is 4.42. The van der Waals surface area contributed by atoms with E-state index in [0.29, 0.717) is 18.8 Å². The summed E-state index contributed by atoms with van der Waals surface area (Å²) in [6.45, 7) is 10.4. The smallest absolute Gasteiger partial charge is 0.412 e. The molecule has 8 heteroatoms. The van der Waals surface area contributed by atoms with Crippen LogP contribution in [0.2, 0.25) is 0 Å². The van der Waals surface area contributed by atoms with Crippen LogP contribution in [0.25, 0.3) is 0 Å². The summed E-state index contributed by atoms with van der Waals surface area (Å²) in [6, 6.07) is 7.72. The average molecular weight is 446 g/mol. The van der Waals surface area contributed by atoms with E-state index >= 15 is 0 Å². The summed E-state index contributed by atoms with van der Waals surface area (Å²) in [5.41, 5.74) is 1.34. The molecule has 0 saturated heterocycles. The van der Waals surface area contributed by atoms with Gasteiger partial charge in [0.25, 0.3) is 0 Å². The molecule has 1 saturated carbocycles. The fourth-order valence-corrected chi connectivity index (χ4v) is 3.14. The molecule has 1 aromatic rings. The van der Waals surface area contributed by atoms with Gasteiger partial charge in [-0.05, 0) is 71.1 Å². The van der Waals surface area contributed by atoms with Gasteiger partial charge >= 0.3 is 6.09 Å². The summed E-state index contributed by atoms with van der Waals surface area (Å²) in [4.78, 5) is 28.3. The Hall–Kier alpha value is -2.77. The van der Waals surface area contributed by atoms with Crippen molar-refractivity contribution < 1.29 is 14.3 Å². The molecule has 32 heavy (non-hydrogen) atoms. The number of aliphatic imine (C=N–C) groups is 1. The molecule has 2 rings (SSSR count). The molecule has 4 N–H and O–H groups in total. The fraction of sp³-hybridized carbons (Fsp3) is 0.625. The zero-order valence-electron chi connectivity index (χ0n) is 19.9. The number of guanidine groups is 1. The average Bonchev–Trinajstić information content (AvgIpc) is 2.66. The van der Waals surface area contributed by atoms with Gasteiger partial charge in [0, 0.05) is 37.8 Å². The Morgan fingerprint density at radius 1 is 1.06 bits per heavy atom. The highest BCUT2D eigenvalue weighted by Crippen LogP contribution is 2.26. The maximum absolute atomic E-state index is 11.8. The van der Waals surface area contributed by atoms with Crippen molar-refractivity contribution in [3.05, 3.63) is 29.8 Å². The van der Waals surface area contributed by atoms with E-state index in [1.54, 1.807) is 0 Å². The Morgan fingerprint density at radius 2 is 1.78 bits per heavy atom. The number of rotatable bonds is 10. The van der Waals surface area contributed by atoms with Crippen molar-refractivity contribution in [1.82, 2.24) is 16.0 Å². The molecule has 0 radical (unpaired) electrons. The van der Waals surface area contributed by atoms with Crippen molar-refractivity contribution in [2.75, 3.05) is 31.5 Å². The molecule has 8 nitrogen and oxygen atoms in total. The summed E-state index contributed by atoms with van der Waals surface area (Å²) in [5, 5.41) is 12.3. The number of amides is 2. The fourth-order valence-electron chi connectivity index (χ4n) is 3.14. The largest absolute Gasteiger partial charge is 0.444 e. The Morgan fingerprint density at radius 3 is 2.38 bits per heavy atom. The van der Waals surface area contributed by atoms with E-state index < -0.39 is 11.7 Å². The van der Waals surface area contributed by atoms with Crippen LogP contribution in [-0.4, -0.2) is 49.7 Å². The number of benzene rings is 1. The number of anilines is 1. The van der Waals surface area contributed by atoms with Crippen LogP contribution in [0.5, 0.6) is 0 Å². The normalized spacial score (nSPS) is 14.3. The third-order valence-corrected chi connectivity index (χ3v) is 5.03. The summed E-state index contributed by atoms with van der Waals surface area (Å²) in [7, 11) is 0. The molecule has 2 amide bonds. The maximum atomic E-state index is 11.8. The quantitative estimate of drug-likeness (QED) is 0.251. The number of carbonyl (C=O) groups excluding carboxylic acids is 2. The first-order valence-corrected chi connectivity index (χ1v) is 11.7. The zero-order valence-corrected chi connectivity index (χ0v) is 19.9. The molecule has 1 aliphatic carbocycles. The highest BCUT2D eigenvalue weighted by molar-refractivity contribution is 5.84. The lowest BCUT2D eigenvalue weighted by molar-refractivity contribution is -0.127. The molecule has 0 heterocycles. The molecule has 0 aromatic heterocycles. The van der Waals surface area contributed by atoms with Gasteiger partial charge in [-0.15, -0.1) is 0 Å². The summed E-state index contributed by atoms with van der Waals surface area (Å²) < 4.78 is 5.26. The van der Waals surface area contributed by atoms with Crippen molar-refractivity contribution in [1.29, 1.82) is 0 Å². The first-order chi connectivity index (χ1) is 15.3. The first kappa shape index (κ1) is 25.5. The lowest BCUT2D eigenvalue weighted by atomic mass is 9.85. The van der Waals surface area contributed by atoms with Gasteiger partial charge in [0.1, 0.15) is 5.60 Å². The minimum absolute atomic E-state index is 0.192. The van der Waals surface area contributed by atoms with E-state index in [0.717, 1.165) is 50.3 Å². The predicted octanol–water partition coefficient (Wildman–Crippen LogP) is 3.44. The van der Waals surface area contributed by atoms with Crippen LogP contribution in [0.4, 0.5) is 10.5 Å². The second kappa shape index (κ2) is 12.9. The Balaban J connectivity index is 1.67. The molecule has 0 spiro atoms. The van der Waals surface area contributed by atoms with Crippen LogP contribution in [0, 0.1) is 5.92 Å². The lowest BCUT2D eigenvalue weighted by Crippen LogP contribution is -2.38. The number of hydrogen-bond donors (Lipinski definition) is 4. The van der Waals surface area contributed by atoms with Crippen molar-refractivity contribution in [3.8, 4) is 0 Å². The SMILES string of the molecule is CCNC(=NCCCNC(=O)C1CCC1)NCCc1ccc(NC(=O)OC(C)(C)C)cc1. The van der Waals surface area contributed by atoms with E-state index in [2.05, 4.69) is 26.3 Å². The maximum Gasteiger partial charge on any atom is 0.412 e. The van der Waals surface area contributed by atoms with Crippen molar-refractivity contribution in [2.45, 2.75) is 65.4 Å². The van der Waals surface area contributed by atoms with Crippen molar-refractivity contribution >= 4 is 23.6 Å². The van der Waals surface area contributed by atoms with E-state index in [9.17, 15) is 9.59 Å². The number of ether oxygens (including phenoxy) is 1. The van der Waals surface area contributed by atoms with Crippen LogP contribution in [0.3, 0.4) is 0 Å². The molecule has 0 atom stereocenters. The second-order valence-corrected chi connectivity index (χ2v) is 9.03. The third kappa shape index (κ3) is 10.0. The van der Waals surface area contributed by atoms with Crippen LogP contribution < -0.4 is 21.3 Å². The minimum atomic E-state index is -0.522. The number of hydrogen-bond acceptors (Lipinski definition) is 4. The third-order valence-electron chi connectivity index (χ3n) is 5.03. The zero-order chi connectivity index (χ0) is 23.4. The van der Waals surface area contributed by atoms with Gasteiger partial charge < -0.3 is 20.7 Å². The molecule has 1 aliphatic rings. The highest BCUT2D eigenvalue weighted by atomic mass is 16.6. The van der Waals surface area contributed by atoms with Crippen molar-refractivity contribution in [3.63, 3.8) is 0 Å². The van der Waals surface area contributed by atoms with Gasteiger partial charge in [0.2, 0.25) is 5.91 Å². The first-order valence-electron chi connectivity index (χ1n) is 11.7. The molecule has 178 valence electrons. The molecule has 0 unspecified atom stereocenters.